The minimum absolute atomic E-state index is 0.0220. The fourth-order valence-electron chi connectivity index (χ4n) is 2.03. The van der Waals surface area contributed by atoms with Gasteiger partial charge in [-0.25, -0.2) is 0 Å². The average Bonchev–Trinajstić information content (AvgIpc) is 2.45. The zero-order valence-corrected chi connectivity index (χ0v) is 12.5. The Morgan fingerprint density at radius 1 is 1.05 bits per heavy atom. The first kappa shape index (κ1) is 14.3. The molecule has 0 bridgehead atoms. The van der Waals surface area contributed by atoms with Gasteiger partial charge < -0.3 is 10.5 Å². The summed E-state index contributed by atoms with van der Waals surface area (Å²) in [4.78, 5) is 0. The maximum Gasteiger partial charge on any atom is 0.0955 e. The highest BCUT2D eigenvalue weighted by Gasteiger charge is 2.15. The number of ether oxygens (including phenoxy) is 1. The summed E-state index contributed by atoms with van der Waals surface area (Å²) in [5, 5.41) is 0. The van der Waals surface area contributed by atoms with Crippen molar-refractivity contribution in [1.29, 1.82) is 0 Å². The van der Waals surface area contributed by atoms with E-state index >= 15 is 0 Å². The van der Waals surface area contributed by atoms with Crippen LogP contribution in [0.25, 0.3) is 0 Å². The Labute approximate surface area is 122 Å². The fourth-order valence-corrected chi connectivity index (χ4v) is 2.44. The zero-order chi connectivity index (χ0) is 13.7. The van der Waals surface area contributed by atoms with Gasteiger partial charge in [-0.2, -0.15) is 0 Å². The molecule has 2 N–H and O–H groups in total. The van der Waals surface area contributed by atoms with Crippen LogP contribution in [-0.2, 0) is 4.74 Å². The van der Waals surface area contributed by atoms with Crippen LogP contribution in [0.15, 0.2) is 59.1 Å². The van der Waals surface area contributed by atoms with Gasteiger partial charge >= 0.3 is 0 Å². The first-order valence-corrected chi connectivity index (χ1v) is 7.16. The Kier molecular flexibility index (Phi) is 5.14. The van der Waals surface area contributed by atoms with Crippen molar-refractivity contribution >= 4 is 15.9 Å². The van der Waals surface area contributed by atoms with Gasteiger partial charge in [0, 0.05) is 11.0 Å². The van der Waals surface area contributed by atoms with Crippen molar-refractivity contribution < 1.29 is 4.74 Å². The van der Waals surface area contributed by atoms with E-state index in [-0.39, 0.29) is 12.2 Å². The maximum atomic E-state index is 6.08. The van der Waals surface area contributed by atoms with E-state index < -0.39 is 0 Å². The van der Waals surface area contributed by atoms with E-state index in [0.29, 0.717) is 6.54 Å². The van der Waals surface area contributed by atoms with E-state index in [4.69, 9.17) is 10.5 Å². The zero-order valence-electron chi connectivity index (χ0n) is 10.9. The fraction of sp³-hybridized carbons (Fsp3) is 0.250. The molecule has 0 aliphatic carbocycles. The summed E-state index contributed by atoms with van der Waals surface area (Å²) in [5.41, 5.74) is 8.10. The largest absolute Gasteiger partial charge is 0.365 e. The number of benzene rings is 2. The van der Waals surface area contributed by atoms with Crippen LogP contribution < -0.4 is 5.73 Å². The van der Waals surface area contributed by atoms with E-state index in [1.165, 1.54) is 0 Å². The number of halogens is 1. The minimum atomic E-state index is -0.0901. The molecule has 19 heavy (non-hydrogen) atoms. The van der Waals surface area contributed by atoms with Crippen molar-refractivity contribution in [3.05, 3.63) is 70.2 Å². The second kappa shape index (κ2) is 6.85. The molecule has 0 heterocycles. The SMILES string of the molecule is CC(OC(CN)c1cccc(Br)c1)c1ccccc1. The van der Waals surface area contributed by atoms with E-state index in [0.717, 1.165) is 15.6 Å². The molecule has 2 aromatic rings. The monoisotopic (exact) mass is 319 g/mol. The third-order valence-electron chi connectivity index (χ3n) is 3.07. The van der Waals surface area contributed by atoms with Crippen LogP contribution in [0, 0.1) is 0 Å². The molecule has 0 saturated carbocycles. The molecule has 3 heteroatoms. The molecule has 0 amide bonds. The summed E-state index contributed by atoms with van der Waals surface area (Å²) in [6.07, 6.45) is -0.0681. The predicted molar refractivity (Wildman–Crippen MR) is 81.9 cm³/mol. The van der Waals surface area contributed by atoms with E-state index in [1.54, 1.807) is 0 Å². The topological polar surface area (TPSA) is 35.2 Å². The normalized spacial score (nSPS) is 14.1. The predicted octanol–water partition coefficient (Wildman–Crippen LogP) is 4.23. The number of hydrogen-bond acceptors (Lipinski definition) is 2. The maximum absolute atomic E-state index is 6.08. The lowest BCUT2D eigenvalue weighted by molar-refractivity contribution is 0.000202. The Morgan fingerprint density at radius 3 is 2.37 bits per heavy atom. The highest BCUT2D eigenvalue weighted by Crippen LogP contribution is 2.27. The summed E-state index contributed by atoms with van der Waals surface area (Å²) in [7, 11) is 0. The molecule has 0 aliphatic heterocycles. The molecular weight excluding hydrogens is 302 g/mol. The summed E-state index contributed by atoms with van der Waals surface area (Å²) >= 11 is 3.47. The molecule has 2 unspecified atom stereocenters. The van der Waals surface area contributed by atoms with Gasteiger partial charge in [0.25, 0.3) is 0 Å². The molecule has 0 spiro atoms. The first-order chi connectivity index (χ1) is 9.20. The Morgan fingerprint density at radius 2 is 1.74 bits per heavy atom. The lowest BCUT2D eigenvalue weighted by Crippen LogP contribution is -2.17. The van der Waals surface area contributed by atoms with Gasteiger partial charge in [-0.1, -0.05) is 58.4 Å². The summed E-state index contributed by atoms with van der Waals surface area (Å²) in [6.45, 7) is 2.52. The van der Waals surface area contributed by atoms with Gasteiger partial charge in [-0.3, -0.25) is 0 Å². The summed E-state index contributed by atoms with van der Waals surface area (Å²) in [5.74, 6) is 0. The molecule has 0 aromatic heterocycles. The van der Waals surface area contributed by atoms with Crippen molar-refractivity contribution in [2.24, 2.45) is 5.73 Å². The standard InChI is InChI=1S/C16H18BrNO/c1-12(13-6-3-2-4-7-13)19-16(11-18)14-8-5-9-15(17)10-14/h2-10,12,16H,11,18H2,1H3. The first-order valence-electron chi connectivity index (χ1n) is 6.36. The van der Waals surface area contributed by atoms with Crippen molar-refractivity contribution in [3.8, 4) is 0 Å². The molecule has 2 aromatic carbocycles. The number of nitrogens with two attached hydrogens (primary N) is 1. The molecular formula is C16H18BrNO. The second-order valence-corrected chi connectivity index (χ2v) is 5.38. The number of hydrogen-bond donors (Lipinski definition) is 1. The highest BCUT2D eigenvalue weighted by atomic mass is 79.9. The van der Waals surface area contributed by atoms with Gasteiger partial charge in [0.05, 0.1) is 12.2 Å². The van der Waals surface area contributed by atoms with Crippen LogP contribution in [0.5, 0.6) is 0 Å². The molecule has 0 radical (unpaired) electrons. The Balaban J connectivity index is 2.11. The molecule has 0 fully saturated rings. The smallest absolute Gasteiger partial charge is 0.0955 e. The molecule has 100 valence electrons. The van der Waals surface area contributed by atoms with Crippen molar-refractivity contribution in [3.63, 3.8) is 0 Å². The van der Waals surface area contributed by atoms with E-state index in [2.05, 4.69) is 41.1 Å². The van der Waals surface area contributed by atoms with Crippen LogP contribution in [0.1, 0.15) is 30.3 Å². The molecule has 0 saturated heterocycles. The molecule has 2 atom stereocenters. The van der Waals surface area contributed by atoms with Crippen LogP contribution in [0.2, 0.25) is 0 Å². The second-order valence-electron chi connectivity index (χ2n) is 4.47. The average molecular weight is 320 g/mol. The third-order valence-corrected chi connectivity index (χ3v) is 3.57. The van der Waals surface area contributed by atoms with Gasteiger partial charge in [0.15, 0.2) is 0 Å². The van der Waals surface area contributed by atoms with Crippen LogP contribution in [0.4, 0.5) is 0 Å². The van der Waals surface area contributed by atoms with Crippen LogP contribution in [-0.4, -0.2) is 6.54 Å². The van der Waals surface area contributed by atoms with Crippen LogP contribution >= 0.6 is 15.9 Å². The Hall–Kier alpha value is -1.16. The van der Waals surface area contributed by atoms with Crippen LogP contribution in [0.3, 0.4) is 0 Å². The van der Waals surface area contributed by atoms with Crippen molar-refractivity contribution in [2.75, 3.05) is 6.54 Å². The highest BCUT2D eigenvalue weighted by molar-refractivity contribution is 9.10. The lowest BCUT2D eigenvalue weighted by Gasteiger charge is -2.22. The van der Waals surface area contributed by atoms with Crippen molar-refractivity contribution in [1.82, 2.24) is 0 Å². The summed E-state index contributed by atoms with van der Waals surface area (Å²) in [6, 6.07) is 18.3. The third kappa shape index (κ3) is 3.90. The van der Waals surface area contributed by atoms with Gasteiger partial charge in [0.2, 0.25) is 0 Å². The molecule has 2 nitrogen and oxygen atoms in total. The quantitative estimate of drug-likeness (QED) is 0.895. The number of rotatable bonds is 5. The minimum Gasteiger partial charge on any atom is -0.365 e. The molecule has 2 rings (SSSR count). The summed E-state index contributed by atoms with van der Waals surface area (Å²) < 4.78 is 7.12. The van der Waals surface area contributed by atoms with E-state index in [9.17, 15) is 0 Å². The molecule has 0 aliphatic rings. The Bertz CT molecular complexity index is 515. The van der Waals surface area contributed by atoms with Crippen molar-refractivity contribution in [2.45, 2.75) is 19.1 Å². The van der Waals surface area contributed by atoms with Gasteiger partial charge in [-0.05, 0) is 30.2 Å². The lowest BCUT2D eigenvalue weighted by atomic mass is 10.1. The van der Waals surface area contributed by atoms with Gasteiger partial charge in [-0.15, -0.1) is 0 Å². The van der Waals surface area contributed by atoms with Gasteiger partial charge in [0.1, 0.15) is 0 Å². The van der Waals surface area contributed by atoms with E-state index in [1.807, 2.05) is 36.4 Å².